The van der Waals surface area contributed by atoms with Crippen LogP contribution in [0.4, 0.5) is 34.1 Å². The van der Waals surface area contributed by atoms with E-state index in [-0.39, 0.29) is 5.41 Å². The average molecular weight is 795 g/mol. The van der Waals surface area contributed by atoms with Gasteiger partial charge in [0.1, 0.15) is 0 Å². The molecule has 0 amide bonds. The Morgan fingerprint density at radius 3 is 1.65 bits per heavy atom. The van der Waals surface area contributed by atoms with Crippen molar-refractivity contribution in [1.82, 2.24) is 0 Å². The van der Waals surface area contributed by atoms with Crippen LogP contribution in [0.5, 0.6) is 0 Å². The molecule has 4 aliphatic carbocycles. The monoisotopic (exact) mass is 794 g/mol. The van der Waals surface area contributed by atoms with E-state index in [0.717, 1.165) is 19.3 Å². The quantitative estimate of drug-likeness (QED) is 0.159. The Morgan fingerprint density at radius 2 is 0.952 bits per heavy atom. The zero-order valence-corrected chi connectivity index (χ0v) is 34.7. The first-order valence-corrected chi connectivity index (χ1v) is 22.5. The normalized spacial score (nSPS) is 18.7. The summed E-state index contributed by atoms with van der Waals surface area (Å²) in [6.07, 6.45) is 5.63. The Hall–Kier alpha value is -7.16. The van der Waals surface area contributed by atoms with Gasteiger partial charge in [-0.2, -0.15) is 0 Å². The summed E-state index contributed by atoms with van der Waals surface area (Å²) >= 11 is 0. The van der Waals surface area contributed by atoms with Crippen LogP contribution in [0.2, 0.25) is 0 Å². The van der Waals surface area contributed by atoms with E-state index in [2.05, 4.69) is 216 Å². The lowest BCUT2D eigenvalue weighted by Crippen LogP contribution is -2.34. The maximum absolute atomic E-state index is 2.68. The minimum absolute atomic E-state index is 0.144. The number of nitrogens with zero attached hydrogens (tertiary/aromatic N) is 2. The molecule has 1 saturated carbocycles. The number of anilines is 6. The van der Waals surface area contributed by atoms with Gasteiger partial charge in [0, 0.05) is 28.0 Å². The summed E-state index contributed by atoms with van der Waals surface area (Å²) in [5.74, 6) is 1.03. The van der Waals surface area contributed by atoms with Crippen molar-refractivity contribution in [3.05, 3.63) is 240 Å². The maximum Gasteiger partial charge on any atom is 0.0546 e. The van der Waals surface area contributed by atoms with Crippen molar-refractivity contribution in [3.63, 3.8) is 0 Å². The van der Waals surface area contributed by atoms with E-state index in [1.54, 1.807) is 0 Å². The van der Waals surface area contributed by atoms with Gasteiger partial charge in [-0.05, 0) is 159 Å². The average Bonchev–Trinajstić information content (AvgIpc) is 4.07. The van der Waals surface area contributed by atoms with Crippen molar-refractivity contribution >= 4 is 44.9 Å². The highest BCUT2D eigenvalue weighted by molar-refractivity contribution is 6.06. The first-order chi connectivity index (χ1) is 30.8. The molecule has 0 aromatic heterocycles. The molecular weight excluding hydrogens is 749 g/mol. The zero-order valence-electron chi connectivity index (χ0n) is 34.7. The second kappa shape index (κ2) is 13.9. The summed E-state index contributed by atoms with van der Waals surface area (Å²) in [5, 5.41) is 2.52. The fraction of sp³-hybridized carbons (Fsp3) is 0.133. The highest BCUT2D eigenvalue weighted by Gasteiger charge is 2.62. The Bertz CT molecular complexity index is 3140. The minimum atomic E-state index is -0.144. The van der Waals surface area contributed by atoms with Gasteiger partial charge >= 0.3 is 0 Å². The largest absolute Gasteiger partial charge is 0.310 e. The number of hydrogen-bond acceptors (Lipinski definition) is 2. The van der Waals surface area contributed by atoms with E-state index >= 15 is 0 Å². The molecule has 296 valence electrons. The van der Waals surface area contributed by atoms with Gasteiger partial charge in [0.2, 0.25) is 0 Å². The van der Waals surface area contributed by atoms with Crippen LogP contribution in [0.15, 0.2) is 206 Å². The molecule has 2 heteroatoms. The van der Waals surface area contributed by atoms with Crippen LogP contribution >= 0.6 is 0 Å². The van der Waals surface area contributed by atoms with Crippen LogP contribution in [-0.4, -0.2) is 0 Å². The van der Waals surface area contributed by atoms with Gasteiger partial charge < -0.3 is 9.80 Å². The summed E-state index contributed by atoms with van der Waals surface area (Å²) in [7, 11) is 0. The maximum atomic E-state index is 2.68. The number of rotatable bonds is 7. The van der Waals surface area contributed by atoms with E-state index in [1.165, 1.54) is 113 Å². The van der Waals surface area contributed by atoms with Gasteiger partial charge in [-0.15, -0.1) is 0 Å². The van der Waals surface area contributed by atoms with Crippen molar-refractivity contribution in [2.24, 2.45) is 11.8 Å². The van der Waals surface area contributed by atoms with Crippen molar-refractivity contribution in [2.45, 2.75) is 37.5 Å². The Labute approximate surface area is 364 Å². The van der Waals surface area contributed by atoms with E-state index in [1.807, 2.05) is 0 Å². The van der Waals surface area contributed by atoms with E-state index < -0.39 is 0 Å². The molecule has 1 fully saturated rings. The molecule has 3 atom stereocenters. The molecule has 0 bridgehead atoms. The molecule has 62 heavy (non-hydrogen) atoms. The Kier molecular flexibility index (Phi) is 8.00. The molecule has 0 saturated heterocycles. The topological polar surface area (TPSA) is 6.48 Å². The molecule has 0 radical (unpaired) electrons. The lowest BCUT2D eigenvalue weighted by molar-refractivity contribution is 0.350. The molecule has 3 unspecified atom stereocenters. The van der Waals surface area contributed by atoms with Crippen molar-refractivity contribution in [3.8, 4) is 22.3 Å². The van der Waals surface area contributed by atoms with Crippen molar-refractivity contribution in [1.29, 1.82) is 0 Å². The second-order valence-corrected chi connectivity index (χ2v) is 17.9. The highest BCUT2D eigenvalue weighted by atomic mass is 15.2. The molecule has 0 heterocycles. The molecular formula is C60H46N2. The standard InChI is InChI=1S/C60H46N2/c1-4-17-41(18-5-1)57-53-27-13-10-16-40(53)30-35-54(57)62(50-33-34-52-45(39-50)36-42-19-11-12-26-51(42)52)56-29-15-21-44-38-47-32-31-46-37-43-20-14-28-55(58(43)60(46,47)59(44)56)61(48-22-6-2-7-23-48)49-24-8-3-9-25-49/h1-30,33-35,39,46-47H,31-32,36-38H2. The fourth-order valence-corrected chi connectivity index (χ4v) is 12.6. The summed E-state index contributed by atoms with van der Waals surface area (Å²) in [4.78, 5) is 5.22. The van der Waals surface area contributed by atoms with Gasteiger partial charge in [-0.3, -0.25) is 0 Å². The van der Waals surface area contributed by atoms with Crippen LogP contribution in [-0.2, 0) is 24.7 Å². The fourth-order valence-electron chi connectivity index (χ4n) is 12.6. The molecule has 9 aromatic rings. The molecule has 9 aromatic carbocycles. The zero-order chi connectivity index (χ0) is 40.8. The van der Waals surface area contributed by atoms with Gasteiger partial charge in [0.15, 0.2) is 0 Å². The predicted octanol–water partition coefficient (Wildman–Crippen LogP) is 15.4. The molecule has 13 rings (SSSR count). The molecule has 0 aliphatic heterocycles. The third-order valence-electron chi connectivity index (χ3n) is 14.9. The van der Waals surface area contributed by atoms with Gasteiger partial charge in [-0.1, -0.05) is 152 Å². The van der Waals surface area contributed by atoms with Crippen LogP contribution in [0, 0.1) is 11.8 Å². The summed E-state index contributed by atoms with van der Waals surface area (Å²) in [5.41, 5.74) is 21.4. The first-order valence-electron chi connectivity index (χ1n) is 22.5. The van der Waals surface area contributed by atoms with E-state index in [0.29, 0.717) is 11.8 Å². The SMILES string of the molecule is c1ccc(-c2c(N(c3ccc4c(c3)Cc3ccccc3-4)c3cccc4c3C35c6c(cccc6N(c6ccccc6)c6ccccc6)CC3CCC5C4)ccc3ccccc23)cc1. The number of fused-ring (bicyclic) bond motifs is 6. The number of hydrogen-bond donors (Lipinski definition) is 0. The van der Waals surface area contributed by atoms with Crippen LogP contribution < -0.4 is 9.80 Å². The van der Waals surface area contributed by atoms with Crippen molar-refractivity contribution in [2.75, 3.05) is 9.80 Å². The smallest absolute Gasteiger partial charge is 0.0546 e. The summed E-state index contributed by atoms with van der Waals surface area (Å²) in [6, 6.07) is 77.6. The van der Waals surface area contributed by atoms with Crippen LogP contribution in [0.1, 0.15) is 46.2 Å². The Balaban J connectivity index is 1.10. The number of para-hydroxylation sites is 2. The van der Waals surface area contributed by atoms with Gasteiger partial charge in [0.25, 0.3) is 0 Å². The van der Waals surface area contributed by atoms with E-state index in [9.17, 15) is 0 Å². The van der Waals surface area contributed by atoms with Crippen LogP contribution in [0.25, 0.3) is 33.0 Å². The molecule has 1 spiro atoms. The summed E-state index contributed by atoms with van der Waals surface area (Å²) in [6.45, 7) is 0. The highest BCUT2D eigenvalue weighted by Crippen LogP contribution is 2.69. The molecule has 2 nitrogen and oxygen atoms in total. The first kappa shape index (κ1) is 35.6. The summed E-state index contributed by atoms with van der Waals surface area (Å²) < 4.78 is 0. The van der Waals surface area contributed by atoms with Gasteiger partial charge in [0.05, 0.1) is 17.1 Å². The lowest BCUT2D eigenvalue weighted by atomic mass is 9.68. The third-order valence-corrected chi connectivity index (χ3v) is 14.9. The second-order valence-electron chi connectivity index (χ2n) is 17.9. The lowest BCUT2D eigenvalue weighted by Gasteiger charge is -2.40. The Morgan fingerprint density at radius 1 is 0.387 bits per heavy atom. The predicted molar refractivity (Wildman–Crippen MR) is 258 cm³/mol. The molecule has 4 aliphatic rings. The number of benzene rings is 9. The molecule has 0 N–H and O–H groups in total. The van der Waals surface area contributed by atoms with E-state index in [4.69, 9.17) is 0 Å². The minimum Gasteiger partial charge on any atom is -0.310 e. The third kappa shape index (κ3) is 5.16. The van der Waals surface area contributed by atoms with Crippen molar-refractivity contribution < 1.29 is 0 Å². The van der Waals surface area contributed by atoms with Gasteiger partial charge in [-0.25, -0.2) is 0 Å². The van der Waals surface area contributed by atoms with Crippen LogP contribution in [0.3, 0.4) is 0 Å².